The Kier molecular flexibility index (Phi) is 64.2. The molecule has 6 nitrogen and oxygen atoms in total. The summed E-state index contributed by atoms with van der Waals surface area (Å²) in [5, 5.41) is 0. The molecule has 456 valence electrons. The lowest BCUT2D eigenvalue weighted by molar-refractivity contribution is -0.167. The summed E-state index contributed by atoms with van der Waals surface area (Å²) in [4.78, 5) is 38.3. The molecule has 0 aromatic rings. The minimum Gasteiger partial charge on any atom is -0.462 e. The third-order valence-electron chi connectivity index (χ3n) is 14.9. The van der Waals surface area contributed by atoms with Crippen molar-refractivity contribution in [3.05, 3.63) is 85.1 Å². The molecule has 79 heavy (non-hydrogen) atoms. The molecule has 6 heteroatoms. The molecule has 0 heterocycles. The van der Waals surface area contributed by atoms with Crippen LogP contribution in [-0.4, -0.2) is 37.2 Å². The van der Waals surface area contributed by atoms with Crippen LogP contribution in [0.25, 0.3) is 0 Å². The van der Waals surface area contributed by atoms with Gasteiger partial charge in [-0.15, -0.1) is 0 Å². The van der Waals surface area contributed by atoms with Crippen molar-refractivity contribution < 1.29 is 28.6 Å². The molecule has 0 aromatic carbocycles. The fourth-order valence-corrected chi connectivity index (χ4v) is 9.84. The highest BCUT2D eigenvalue weighted by atomic mass is 16.6. The van der Waals surface area contributed by atoms with Gasteiger partial charge in [0.15, 0.2) is 6.10 Å². The minimum atomic E-state index is -0.773. The van der Waals surface area contributed by atoms with Gasteiger partial charge in [0.2, 0.25) is 0 Å². The summed E-state index contributed by atoms with van der Waals surface area (Å²) in [6.45, 7) is 6.56. The van der Waals surface area contributed by atoms with Gasteiger partial charge in [0.1, 0.15) is 13.2 Å². The molecular weight excluding hydrogens is 973 g/mol. The zero-order valence-corrected chi connectivity index (χ0v) is 52.4. The van der Waals surface area contributed by atoms with Crippen molar-refractivity contribution in [1.82, 2.24) is 0 Å². The Balaban J connectivity index is 4.16. The Labute approximate surface area is 490 Å². The smallest absolute Gasteiger partial charge is 0.306 e. The number of esters is 3. The topological polar surface area (TPSA) is 78.9 Å². The molecule has 0 saturated heterocycles. The number of hydrogen-bond acceptors (Lipinski definition) is 6. The zero-order chi connectivity index (χ0) is 57.1. The average Bonchev–Trinajstić information content (AvgIpc) is 3.45. The quantitative estimate of drug-likeness (QED) is 0.0261. The number of carbonyl (C=O) groups is 3. The molecule has 0 aliphatic rings. The first kappa shape index (κ1) is 75.6. The van der Waals surface area contributed by atoms with Crippen LogP contribution in [-0.2, 0) is 28.6 Å². The Bertz CT molecular complexity index is 1500. The van der Waals surface area contributed by atoms with Crippen LogP contribution >= 0.6 is 0 Å². The highest BCUT2D eigenvalue weighted by molar-refractivity contribution is 5.71. The van der Waals surface area contributed by atoms with E-state index in [1.807, 2.05) is 0 Å². The summed E-state index contributed by atoms with van der Waals surface area (Å²) in [6.07, 6.45) is 88.9. The summed E-state index contributed by atoms with van der Waals surface area (Å²) < 4.78 is 16.9. The third-order valence-corrected chi connectivity index (χ3v) is 14.9. The Morgan fingerprint density at radius 3 is 0.772 bits per heavy atom. The summed E-state index contributed by atoms with van der Waals surface area (Å²) in [6, 6.07) is 0. The molecule has 0 amide bonds. The van der Waals surface area contributed by atoms with Crippen molar-refractivity contribution in [2.24, 2.45) is 0 Å². The molecule has 0 aromatic heterocycles. The van der Waals surface area contributed by atoms with E-state index in [1.165, 1.54) is 199 Å². The molecule has 0 aliphatic heterocycles. The van der Waals surface area contributed by atoms with Gasteiger partial charge in [0.05, 0.1) is 0 Å². The Morgan fingerprint density at radius 2 is 0.494 bits per heavy atom. The summed E-state index contributed by atoms with van der Waals surface area (Å²) >= 11 is 0. The van der Waals surface area contributed by atoms with Crippen molar-refractivity contribution >= 4 is 17.9 Å². The van der Waals surface area contributed by atoms with Gasteiger partial charge in [-0.1, -0.05) is 331 Å². The largest absolute Gasteiger partial charge is 0.462 e. The first-order chi connectivity index (χ1) is 39.0. The molecular formula is C73H128O6. The fourth-order valence-electron chi connectivity index (χ4n) is 9.84. The summed E-state index contributed by atoms with van der Waals surface area (Å²) in [5.74, 6) is -0.857. The number of ether oxygens (including phenoxy) is 3. The van der Waals surface area contributed by atoms with E-state index in [0.29, 0.717) is 19.3 Å². The van der Waals surface area contributed by atoms with Gasteiger partial charge in [0, 0.05) is 19.3 Å². The third kappa shape index (κ3) is 65.3. The molecule has 0 saturated carbocycles. The van der Waals surface area contributed by atoms with Crippen molar-refractivity contribution in [3.63, 3.8) is 0 Å². The van der Waals surface area contributed by atoms with Crippen LogP contribution in [0, 0.1) is 0 Å². The van der Waals surface area contributed by atoms with E-state index in [0.717, 1.165) is 103 Å². The summed E-state index contributed by atoms with van der Waals surface area (Å²) in [5.41, 5.74) is 0. The number of carbonyl (C=O) groups excluding carboxylic acids is 3. The van der Waals surface area contributed by atoms with Crippen LogP contribution in [0.1, 0.15) is 342 Å². The molecule has 0 radical (unpaired) electrons. The monoisotopic (exact) mass is 1100 g/mol. The van der Waals surface area contributed by atoms with Crippen LogP contribution in [0.2, 0.25) is 0 Å². The zero-order valence-electron chi connectivity index (χ0n) is 52.4. The van der Waals surface area contributed by atoms with E-state index in [-0.39, 0.29) is 31.1 Å². The lowest BCUT2D eigenvalue weighted by Gasteiger charge is -2.18. The van der Waals surface area contributed by atoms with Crippen molar-refractivity contribution in [3.8, 4) is 0 Å². The number of unbranched alkanes of at least 4 members (excludes halogenated alkanes) is 37. The van der Waals surface area contributed by atoms with Crippen LogP contribution in [0.3, 0.4) is 0 Å². The van der Waals surface area contributed by atoms with E-state index < -0.39 is 6.10 Å². The van der Waals surface area contributed by atoms with Gasteiger partial charge in [-0.25, -0.2) is 0 Å². The second-order valence-electron chi connectivity index (χ2n) is 22.7. The van der Waals surface area contributed by atoms with E-state index >= 15 is 0 Å². The Hall–Kier alpha value is -3.41. The van der Waals surface area contributed by atoms with E-state index in [1.54, 1.807) is 0 Å². The maximum Gasteiger partial charge on any atom is 0.306 e. The van der Waals surface area contributed by atoms with Crippen molar-refractivity contribution in [2.75, 3.05) is 13.2 Å². The molecule has 0 rings (SSSR count). The second kappa shape index (κ2) is 67.1. The highest BCUT2D eigenvalue weighted by Gasteiger charge is 2.19. The second-order valence-corrected chi connectivity index (χ2v) is 22.7. The molecule has 0 bridgehead atoms. The first-order valence-electron chi connectivity index (χ1n) is 34.1. The van der Waals surface area contributed by atoms with Crippen LogP contribution in [0.5, 0.6) is 0 Å². The van der Waals surface area contributed by atoms with Crippen LogP contribution in [0.15, 0.2) is 85.1 Å². The number of rotatable bonds is 62. The molecule has 0 spiro atoms. The predicted molar refractivity (Wildman–Crippen MR) is 344 cm³/mol. The normalized spacial score (nSPS) is 12.6. The van der Waals surface area contributed by atoms with Crippen molar-refractivity contribution in [1.29, 1.82) is 0 Å². The lowest BCUT2D eigenvalue weighted by atomic mass is 10.0. The maximum absolute atomic E-state index is 12.9. The van der Waals surface area contributed by atoms with Gasteiger partial charge in [-0.3, -0.25) is 14.4 Å². The molecule has 0 N–H and O–H groups in total. The van der Waals surface area contributed by atoms with E-state index in [9.17, 15) is 14.4 Å². The van der Waals surface area contributed by atoms with Gasteiger partial charge < -0.3 is 14.2 Å². The summed E-state index contributed by atoms with van der Waals surface area (Å²) in [7, 11) is 0. The Morgan fingerprint density at radius 1 is 0.266 bits per heavy atom. The fraction of sp³-hybridized carbons (Fsp3) is 0.767. The van der Waals surface area contributed by atoms with Crippen LogP contribution in [0.4, 0.5) is 0 Å². The van der Waals surface area contributed by atoms with Gasteiger partial charge in [0.25, 0.3) is 0 Å². The first-order valence-corrected chi connectivity index (χ1v) is 34.1. The SMILES string of the molecule is CC/C=C\C/C=C\C/C=C\C/C=C\C/C=C\C/C=C\C/C=C\CCCCCCCCCCCCCC(=O)OCC(COC(=O)CCCCCCCCCCCC)OC(=O)CCCCCCCCCCCCCCCCCCCC. The van der Waals surface area contributed by atoms with Gasteiger partial charge in [-0.2, -0.15) is 0 Å². The molecule has 0 fully saturated rings. The van der Waals surface area contributed by atoms with Gasteiger partial charge >= 0.3 is 17.9 Å². The average molecular weight is 1100 g/mol. The predicted octanol–water partition coefficient (Wildman–Crippen LogP) is 23.4. The number of allylic oxidation sites excluding steroid dienone is 14. The molecule has 1 atom stereocenters. The molecule has 1 unspecified atom stereocenters. The minimum absolute atomic E-state index is 0.0710. The molecule has 0 aliphatic carbocycles. The van der Waals surface area contributed by atoms with E-state index in [2.05, 4.69) is 106 Å². The maximum atomic E-state index is 12.9. The van der Waals surface area contributed by atoms with Crippen molar-refractivity contribution in [2.45, 2.75) is 348 Å². The highest BCUT2D eigenvalue weighted by Crippen LogP contribution is 2.17. The number of hydrogen-bond donors (Lipinski definition) is 0. The van der Waals surface area contributed by atoms with Crippen LogP contribution < -0.4 is 0 Å². The standard InChI is InChI=1S/C73H128O6/c1-4-7-10-13-16-19-22-24-26-28-30-31-32-33-34-35-36-37-38-39-40-41-42-43-44-46-47-49-51-54-57-60-63-66-72(75)78-69-70(68-77-71(74)65-62-59-56-53-21-18-15-12-9-6-3)79-73(76)67-64-61-58-55-52-50-48-45-29-27-25-23-20-17-14-11-8-5-2/h7,10,16,19,24,26,30-31,33-34,36-37,39-40,70H,4-6,8-9,11-15,17-18,20-23,25,27-29,32,35,38,41-69H2,1-3H3/b10-7-,19-16-,26-24-,31-30-,34-33-,37-36-,40-39-. The van der Waals surface area contributed by atoms with E-state index in [4.69, 9.17) is 14.2 Å². The van der Waals surface area contributed by atoms with Gasteiger partial charge in [-0.05, 0) is 77.0 Å². The lowest BCUT2D eigenvalue weighted by Crippen LogP contribution is -2.30.